The number of rotatable bonds is 5. The van der Waals surface area contributed by atoms with Gasteiger partial charge in [-0.15, -0.1) is 0 Å². The topological polar surface area (TPSA) is 36.5 Å². The first-order valence-corrected chi connectivity index (χ1v) is 10.0. The van der Waals surface area contributed by atoms with Gasteiger partial charge in [-0.2, -0.15) is 0 Å². The SMILES string of the molecule is COc1ccc(NC(=S)N[C@H](C)c2ccc(N3CCC[C@H](C)C3)cc2)cc1. The van der Waals surface area contributed by atoms with E-state index in [2.05, 4.69) is 53.6 Å². The molecular weight excluding hydrogens is 354 g/mol. The van der Waals surface area contributed by atoms with Crippen molar-refractivity contribution in [3.8, 4) is 5.75 Å². The third-order valence-electron chi connectivity index (χ3n) is 5.11. The van der Waals surface area contributed by atoms with Crippen LogP contribution in [0.15, 0.2) is 48.5 Å². The van der Waals surface area contributed by atoms with Gasteiger partial charge in [-0.05, 0) is 79.9 Å². The van der Waals surface area contributed by atoms with Gasteiger partial charge in [0, 0.05) is 24.5 Å². The van der Waals surface area contributed by atoms with E-state index in [1.165, 1.54) is 24.1 Å². The second-order valence-electron chi connectivity index (χ2n) is 7.33. The van der Waals surface area contributed by atoms with Gasteiger partial charge in [0.05, 0.1) is 13.2 Å². The summed E-state index contributed by atoms with van der Waals surface area (Å²) in [5, 5.41) is 7.19. The van der Waals surface area contributed by atoms with Gasteiger partial charge in [-0.25, -0.2) is 0 Å². The van der Waals surface area contributed by atoms with Crippen molar-refractivity contribution < 1.29 is 4.74 Å². The van der Waals surface area contributed by atoms with Crippen LogP contribution in [0, 0.1) is 5.92 Å². The Balaban J connectivity index is 1.55. The van der Waals surface area contributed by atoms with Crippen molar-refractivity contribution in [3.63, 3.8) is 0 Å². The second kappa shape index (κ2) is 9.09. The Labute approximate surface area is 167 Å². The van der Waals surface area contributed by atoms with Gasteiger partial charge in [-0.3, -0.25) is 0 Å². The molecule has 0 radical (unpaired) electrons. The molecule has 5 heteroatoms. The molecule has 1 aliphatic rings. The van der Waals surface area contributed by atoms with Crippen LogP contribution in [0.3, 0.4) is 0 Å². The van der Waals surface area contributed by atoms with Crippen LogP contribution in [0.4, 0.5) is 11.4 Å². The van der Waals surface area contributed by atoms with Crippen molar-refractivity contribution >= 4 is 28.7 Å². The summed E-state index contributed by atoms with van der Waals surface area (Å²) >= 11 is 5.45. The number of benzene rings is 2. The van der Waals surface area contributed by atoms with Crippen LogP contribution in [0.2, 0.25) is 0 Å². The van der Waals surface area contributed by atoms with Crippen LogP contribution in [-0.4, -0.2) is 25.3 Å². The molecule has 0 unspecified atom stereocenters. The van der Waals surface area contributed by atoms with Crippen LogP contribution in [-0.2, 0) is 0 Å². The molecule has 27 heavy (non-hydrogen) atoms. The average Bonchev–Trinajstić information content (AvgIpc) is 2.68. The highest BCUT2D eigenvalue weighted by Crippen LogP contribution is 2.24. The molecule has 3 rings (SSSR count). The molecule has 0 spiro atoms. The van der Waals surface area contributed by atoms with Crippen molar-refractivity contribution in [2.24, 2.45) is 5.92 Å². The molecule has 0 amide bonds. The van der Waals surface area contributed by atoms with E-state index >= 15 is 0 Å². The maximum atomic E-state index is 5.45. The quantitative estimate of drug-likeness (QED) is 0.712. The molecule has 0 aliphatic carbocycles. The van der Waals surface area contributed by atoms with Gasteiger partial charge < -0.3 is 20.3 Å². The number of thiocarbonyl (C=S) groups is 1. The molecule has 2 aromatic rings. The summed E-state index contributed by atoms with van der Waals surface area (Å²) in [5.41, 5.74) is 3.48. The second-order valence-corrected chi connectivity index (χ2v) is 7.74. The van der Waals surface area contributed by atoms with E-state index in [4.69, 9.17) is 17.0 Å². The van der Waals surface area contributed by atoms with E-state index in [-0.39, 0.29) is 6.04 Å². The fraction of sp³-hybridized carbons (Fsp3) is 0.409. The van der Waals surface area contributed by atoms with E-state index in [9.17, 15) is 0 Å². The normalized spacial score (nSPS) is 17.9. The minimum Gasteiger partial charge on any atom is -0.497 e. The number of ether oxygens (including phenoxy) is 1. The first-order valence-electron chi connectivity index (χ1n) is 9.61. The number of hydrogen-bond donors (Lipinski definition) is 2. The highest BCUT2D eigenvalue weighted by molar-refractivity contribution is 7.80. The first-order chi connectivity index (χ1) is 13.0. The molecule has 0 bridgehead atoms. The standard InChI is InChI=1S/C22H29N3OS/c1-16-5-4-14-25(15-16)20-10-6-18(7-11-20)17(2)23-22(27)24-19-8-12-21(26-3)13-9-19/h6-13,16-17H,4-5,14-15H2,1-3H3,(H2,23,24,27)/t16-,17+/m0/s1. The Hall–Kier alpha value is -2.27. The van der Waals surface area contributed by atoms with Crippen molar-refractivity contribution in [1.29, 1.82) is 0 Å². The number of nitrogens with zero attached hydrogens (tertiary/aromatic N) is 1. The molecule has 0 saturated carbocycles. The Kier molecular flexibility index (Phi) is 6.56. The fourth-order valence-electron chi connectivity index (χ4n) is 3.52. The first kappa shape index (κ1) is 19.5. The van der Waals surface area contributed by atoms with E-state index in [1.807, 2.05) is 24.3 Å². The Morgan fingerprint density at radius 3 is 2.48 bits per heavy atom. The predicted molar refractivity (Wildman–Crippen MR) is 118 cm³/mol. The number of methoxy groups -OCH3 is 1. The lowest BCUT2D eigenvalue weighted by Gasteiger charge is -2.33. The number of anilines is 2. The zero-order valence-electron chi connectivity index (χ0n) is 16.4. The lowest BCUT2D eigenvalue weighted by Crippen LogP contribution is -2.34. The Morgan fingerprint density at radius 2 is 1.85 bits per heavy atom. The molecule has 1 fully saturated rings. The smallest absolute Gasteiger partial charge is 0.171 e. The zero-order valence-corrected chi connectivity index (χ0v) is 17.2. The average molecular weight is 384 g/mol. The number of hydrogen-bond acceptors (Lipinski definition) is 3. The summed E-state index contributed by atoms with van der Waals surface area (Å²) in [7, 11) is 1.66. The molecule has 2 N–H and O–H groups in total. The van der Waals surface area contributed by atoms with Crippen molar-refractivity contribution in [3.05, 3.63) is 54.1 Å². The Morgan fingerprint density at radius 1 is 1.15 bits per heavy atom. The zero-order chi connectivity index (χ0) is 19.2. The summed E-state index contributed by atoms with van der Waals surface area (Å²) in [6, 6.07) is 16.7. The van der Waals surface area contributed by atoms with E-state index < -0.39 is 0 Å². The fourth-order valence-corrected chi connectivity index (χ4v) is 3.81. The molecule has 4 nitrogen and oxygen atoms in total. The molecule has 2 atom stereocenters. The maximum absolute atomic E-state index is 5.45. The van der Waals surface area contributed by atoms with Crippen LogP contribution in [0.25, 0.3) is 0 Å². The molecule has 0 aromatic heterocycles. The molecule has 1 heterocycles. The molecule has 1 saturated heterocycles. The highest BCUT2D eigenvalue weighted by atomic mass is 32.1. The minimum atomic E-state index is 0.137. The molecule has 2 aromatic carbocycles. The number of piperidine rings is 1. The minimum absolute atomic E-state index is 0.137. The third kappa shape index (κ3) is 5.36. The van der Waals surface area contributed by atoms with E-state index in [0.29, 0.717) is 5.11 Å². The van der Waals surface area contributed by atoms with Gasteiger partial charge in [-0.1, -0.05) is 19.1 Å². The molecule has 144 valence electrons. The van der Waals surface area contributed by atoms with Crippen LogP contribution in [0.5, 0.6) is 5.75 Å². The molecular formula is C22H29N3OS. The van der Waals surface area contributed by atoms with Crippen LogP contribution >= 0.6 is 12.2 Å². The summed E-state index contributed by atoms with van der Waals surface area (Å²) < 4.78 is 5.18. The van der Waals surface area contributed by atoms with Gasteiger partial charge in [0.1, 0.15) is 5.75 Å². The third-order valence-corrected chi connectivity index (χ3v) is 5.33. The molecule has 1 aliphatic heterocycles. The van der Waals surface area contributed by atoms with E-state index in [0.717, 1.165) is 30.4 Å². The summed E-state index contributed by atoms with van der Waals surface area (Å²) in [6.45, 7) is 6.78. The van der Waals surface area contributed by atoms with E-state index in [1.54, 1.807) is 7.11 Å². The highest BCUT2D eigenvalue weighted by Gasteiger charge is 2.17. The number of nitrogens with one attached hydrogen (secondary N) is 2. The summed E-state index contributed by atoms with van der Waals surface area (Å²) in [5.74, 6) is 1.61. The predicted octanol–water partition coefficient (Wildman–Crippen LogP) is 4.98. The van der Waals surface area contributed by atoms with Crippen LogP contribution in [0.1, 0.15) is 38.3 Å². The monoisotopic (exact) mass is 383 g/mol. The lowest BCUT2D eigenvalue weighted by atomic mass is 9.99. The summed E-state index contributed by atoms with van der Waals surface area (Å²) in [6.07, 6.45) is 2.63. The van der Waals surface area contributed by atoms with Gasteiger partial charge in [0.25, 0.3) is 0 Å². The van der Waals surface area contributed by atoms with Crippen molar-refractivity contribution in [2.45, 2.75) is 32.7 Å². The van der Waals surface area contributed by atoms with Crippen LogP contribution < -0.4 is 20.3 Å². The van der Waals surface area contributed by atoms with Gasteiger partial charge in [0.15, 0.2) is 5.11 Å². The van der Waals surface area contributed by atoms with Gasteiger partial charge >= 0.3 is 0 Å². The Bertz CT molecular complexity index is 745. The van der Waals surface area contributed by atoms with Crippen molar-refractivity contribution in [1.82, 2.24) is 5.32 Å². The van der Waals surface area contributed by atoms with Crippen molar-refractivity contribution in [2.75, 3.05) is 30.4 Å². The summed E-state index contributed by atoms with van der Waals surface area (Å²) in [4.78, 5) is 2.49. The lowest BCUT2D eigenvalue weighted by molar-refractivity contribution is 0.415. The largest absolute Gasteiger partial charge is 0.497 e. The maximum Gasteiger partial charge on any atom is 0.171 e. The van der Waals surface area contributed by atoms with Gasteiger partial charge in [0.2, 0.25) is 0 Å².